The summed E-state index contributed by atoms with van der Waals surface area (Å²) in [5.74, 6) is 1.63. The molecule has 2 aliphatic rings. The number of aryl methyl sites for hydroxylation is 2. The van der Waals surface area contributed by atoms with E-state index in [4.69, 9.17) is 0 Å². The first kappa shape index (κ1) is 11.8. The van der Waals surface area contributed by atoms with Crippen molar-refractivity contribution in [3.8, 4) is 0 Å². The lowest BCUT2D eigenvalue weighted by Crippen LogP contribution is -2.05. The van der Waals surface area contributed by atoms with Crippen LogP contribution in [0.25, 0.3) is 5.57 Å². The highest BCUT2D eigenvalue weighted by Gasteiger charge is 2.29. The lowest BCUT2D eigenvalue weighted by molar-refractivity contribution is 0.640. The monoisotopic (exact) mass is 238 g/mol. The van der Waals surface area contributed by atoms with Crippen molar-refractivity contribution >= 4 is 5.57 Å². The zero-order chi connectivity index (χ0) is 12.7. The molecule has 0 radical (unpaired) electrons. The van der Waals surface area contributed by atoms with Crippen LogP contribution >= 0.6 is 0 Å². The smallest absolute Gasteiger partial charge is 0.0157 e. The average molecular weight is 238 g/mol. The molecule has 1 saturated carbocycles. The highest BCUT2D eigenvalue weighted by molar-refractivity contribution is 5.70. The van der Waals surface area contributed by atoms with Gasteiger partial charge in [0.2, 0.25) is 0 Å². The molecule has 18 heavy (non-hydrogen) atoms. The van der Waals surface area contributed by atoms with E-state index in [1.807, 2.05) is 0 Å². The Bertz CT molecular complexity index is 511. The molecule has 0 spiro atoms. The Balaban J connectivity index is 1.95. The summed E-state index contributed by atoms with van der Waals surface area (Å²) in [7, 11) is 0. The predicted octanol–water partition coefficient (Wildman–Crippen LogP) is 5.06. The van der Waals surface area contributed by atoms with Crippen molar-refractivity contribution in [1.29, 1.82) is 0 Å². The van der Waals surface area contributed by atoms with Gasteiger partial charge in [-0.2, -0.15) is 0 Å². The SMILES string of the molecule is Cc1cc(C)cc(C2=CC=C3C(C)CCC3C2)c1. The lowest BCUT2D eigenvalue weighted by atomic mass is 9.84. The summed E-state index contributed by atoms with van der Waals surface area (Å²) in [4.78, 5) is 0. The fourth-order valence-corrected chi connectivity index (χ4v) is 3.61. The van der Waals surface area contributed by atoms with E-state index in [1.54, 1.807) is 5.57 Å². The van der Waals surface area contributed by atoms with Crippen molar-refractivity contribution in [2.24, 2.45) is 11.8 Å². The van der Waals surface area contributed by atoms with Crippen molar-refractivity contribution in [1.82, 2.24) is 0 Å². The van der Waals surface area contributed by atoms with Gasteiger partial charge in [0.1, 0.15) is 0 Å². The third kappa shape index (κ3) is 2.05. The summed E-state index contributed by atoms with van der Waals surface area (Å²) < 4.78 is 0. The summed E-state index contributed by atoms with van der Waals surface area (Å²) in [5.41, 5.74) is 7.41. The van der Waals surface area contributed by atoms with Crippen molar-refractivity contribution in [3.05, 3.63) is 52.6 Å². The van der Waals surface area contributed by atoms with E-state index in [0.717, 1.165) is 11.8 Å². The van der Waals surface area contributed by atoms with Crippen molar-refractivity contribution in [3.63, 3.8) is 0 Å². The molecule has 0 N–H and O–H groups in total. The molecule has 1 aromatic rings. The van der Waals surface area contributed by atoms with Crippen LogP contribution in [0.4, 0.5) is 0 Å². The van der Waals surface area contributed by atoms with Crippen molar-refractivity contribution in [2.45, 2.75) is 40.0 Å². The Labute approximate surface area is 110 Å². The van der Waals surface area contributed by atoms with Crippen LogP contribution in [-0.2, 0) is 0 Å². The molecule has 0 aliphatic heterocycles. The zero-order valence-electron chi connectivity index (χ0n) is 11.7. The molecular formula is C18H22. The number of fused-ring (bicyclic) bond motifs is 1. The molecule has 1 fully saturated rings. The van der Waals surface area contributed by atoms with E-state index < -0.39 is 0 Å². The molecule has 2 atom stereocenters. The van der Waals surface area contributed by atoms with Crippen molar-refractivity contribution < 1.29 is 0 Å². The van der Waals surface area contributed by atoms with Gasteiger partial charge in [0, 0.05) is 0 Å². The lowest BCUT2D eigenvalue weighted by Gasteiger charge is -2.21. The van der Waals surface area contributed by atoms with E-state index in [-0.39, 0.29) is 0 Å². The Morgan fingerprint density at radius 3 is 2.39 bits per heavy atom. The number of hydrogen-bond acceptors (Lipinski definition) is 0. The van der Waals surface area contributed by atoms with Crippen molar-refractivity contribution in [2.75, 3.05) is 0 Å². The second-order valence-electron chi connectivity index (χ2n) is 6.11. The maximum atomic E-state index is 2.40. The number of rotatable bonds is 1. The van der Waals surface area contributed by atoms with Gasteiger partial charge in [0.25, 0.3) is 0 Å². The zero-order valence-corrected chi connectivity index (χ0v) is 11.7. The minimum atomic E-state index is 0.812. The molecular weight excluding hydrogens is 216 g/mol. The van der Waals surface area contributed by atoms with Crippen LogP contribution in [0, 0.1) is 25.7 Å². The van der Waals surface area contributed by atoms with Crippen LogP contribution in [0.1, 0.15) is 42.9 Å². The molecule has 2 unspecified atom stereocenters. The molecule has 0 nitrogen and oxygen atoms in total. The summed E-state index contributed by atoms with van der Waals surface area (Å²) in [6, 6.07) is 6.91. The van der Waals surface area contributed by atoms with Gasteiger partial charge in [0.05, 0.1) is 0 Å². The van der Waals surface area contributed by atoms with Crippen LogP contribution in [0.3, 0.4) is 0 Å². The van der Waals surface area contributed by atoms with Crippen LogP contribution in [-0.4, -0.2) is 0 Å². The Morgan fingerprint density at radius 2 is 1.67 bits per heavy atom. The largest absolute Gasteiger partial charge is 0.0639 e. The molecule has 1 aromatic carbocycles. The first-order chi connectivity index (χ1) is 8.63. The molecule has 2 aliphatic carbocycles. The minimum Gasteiger partial charge on any atom is -0.0639 e. The van der Waals surface area contributed by atoms with Gasteiger partial charge in [-0.05, 0) is 56.1 Å². The number of benzene rings is 1. The second-order valence-corrected chi connectivity index (χ2v) is 6.11. The van der Waals surface area contributed by atoms with E-state index in [9.17, 15) is 0 Å². The van der Waals surface area contributed by atoms with Gasteiger partial charge >= 0.3 is 0 Å². The highest BCUT2D eigenvalue weighted by Crippen LogP contribution is 2.44. The predicted molar refractivity (Wildman–Crippen MR) is 78.5 cm³/mol. The molecule has 94 valence electrons. The highest BCUT2D eigenvalue weighted by atomic mass is 14.3. The van der Waals surface area contributed by atoms with Crippen LogP contribution in [0.5, 0.6) is 0 Å². The molecule has 0 aromatic heterocycles. The number of allylic oxidation sites excluding steroid dienone is 4. The molecule has 0 heteroatoms. The van der Waals surface area contributed by atoms with E-state index in [1.165, 1.54) is 41.5 Å². The van der Waals surface area contributed by atoms with E-state index in [2.05, 4.69) is 51.1 Å². The van der Waals surface area contributed by atoms with Crippen LogP contribution < -0.4 is 0 Å². The molecule has 0 saturated heterocycles. The number of hydrogen-bond donors (Lipinski definition) is 0. The Hall–Kier alpha value is -1.30. The minimum absolute atomic E-state index is 0.812. The van der Waals surface area contributed by atoms with Gasteiger partial charge in [-0.1, -0.05) is 54.0 Å². The topological polar surface area (TPSA) is 0 Å². The quantitative estimate of drug-likeness (QED) is 0.641. The van der Waals surface area contributed by atoms with Crippen LogP contribution in [0.15, 0.2) is 35.9 Å². The van der Waals surface area contributed by atoms with Gasteiger partial charge in [-0.25, -0.2) is 0 Å². The molecule has 0 amide bonds. The Kier molecular flexibility index (Phi) is 2.89. The van der Waals surface area contributed by atoms with Gasteiger partial charge in [0.15, 0.2) is 0 Å². The van der Waals surface area contributed by atoms with E-state index in [0.29, 0.717) is 0 Å². The van der Waals surface area contributed by atoms with Gasteiger partial charge in [-0.15, -0.1) is 0 Å². The molecule has 0 heterocycles. The average Bonchev–Trinajstić information content (AvgIpc) is 2.69. The molecule has 0 bridgehead atoms. The summed E-state index contributed by atoms with van der Waals surface area (Å²) in [6.45, 7) is 6.76. The van der Waals surface area contributed by atoms with Gasteiger partial charge in [-0.3, -0.25) is 0 Å². The van der Waals surface area contributed by atoms with E-state index >= 15 is 0 Å². The third-order valence-electron chi connectivity index (χ3n) is 4.52. The second kappa shape index (κ2) is 4.42. The van der Waals surface area contributed by atoms with Crippen LogP contribution in [0.2, 0.25) is 0 Å². The fraction of sp³-hybridized carbons (Fsp3) is 0.444. The summed E-state index contributed by atoms with van der Waals surface area (Å²) in [6.07, 6.45) is 8.78. The standard InChI is InChI=1S/C18H22/c1-12-8-13(2)10-17(9-12)15-6-7-18-14(3)4-5-16(18)11-15/h6-10,14,16H,4-5,11H2,1-3H3. The maximum Gasteiger partial charge on any atom is -0.0157 e. The fourth-order valence-electron chi connectivity index (χ4n) is 3.61. The third-order valence-corrected chi connectivity index (χ3v) is 4.52. The first-order valence-electron chi connectivity index (χ1n) is 7.13. The maximum absolute atomic E-state index is 2.40. The summed E-state index contributed by atoms with van der Waals surface area (Å²) in [5, 5.41) is 0. The Morgan fingerprint density at radius 1 is 0.944 bits per heavy atom. The molecule has 3 rings (SSSR count). The summed E-state index contributed by atoms with van der Waals surface area (Å²) >= 11 is 0. The van der Waals surface area contributed by atoms with Gasteiger partial charge < -0.3 is 0 Å². The first-order valence-corrected chi connectivity index (χ1v) is 7.13. The normalized spacial score (nSPS) is 26.6.